The summed E-state index contributed by atoms with van der Waals surface area (Å²) in [5, 5.41) is 4.75. The number of nitrogens with zero attached hydrogens (tertiary/aromatic N) is 3. The van der Waals surface area contributed by atoms with E-state index in [1.54, 1.807) is 6.20 Å². The van der Waals surface area contributed by atoms with Crippen molar-refractivity contribution in [3.8, 4) is 0 Å². The fraction of sp³-hybridized carbons (Fsp3) is 0.500. The molecule has 3 N–H and O–H groups in total. The lowest BCUT2D eigenvalue weighted by Gasteiger charge is -2.33. The molecule has 3 rings (SSSR count). The summed E-state index contributed by atoms with van der Waals surface area (Å²) in [5.74, 6) is -0.125. The number of carbonyl (C=O) groups is 1. The van der Waals surface area contributed by atoms with Crippen molar-refractivity contribution in [1.29, 1.82) is 0 Å². The van der Waals surface area contributed by atoms with Gasteiger partial charge in [0.25, 0.3) is 5.91 Å². The lowest BCUT2D eigenvalue weighted by atomic mass is 10.0. The zero-order chi connectivity index (χ0) is 18.5. The quantitative estimate of drug-likeness (QED) is 0.611. The van der Waals surface area contributed by atoms with E-state index in [9.17, 15) is 4.79 Å². The Morgan fingerprint density at radius 1 is 1.19 bits per heavy atom. The van der Waals surface area contributed by atoms with E-state index >= 15 is 0 Å². The van der Waals surface area contributed by atoms with Gasteiger partial charge in [-0.25, -0.2) is 0 Å². The number of rotatable bonds is 6. The van der Waals surface area contributed by atoms with Crippen molar-refractivity contribution in [2.75, 3.05) is 51.5 Å². The van der Waals surface area contributed by atoms with Crippen LogP contribution in [0.2, 0.25) is 0 Å². The number of carbonyl (C=O) groups excluding carboxylic acids is 1. The van der Waals surface area contributed by atoms with Crippen LogP contribution in [-0.4, -0.2) is 66.5 Å². The van der Waals surface area contributed by atoms with Crippen LogP contribution in [0.4, 0.5) is 5.69 Å². The molecule has 1 amide bonds. The van der Waals surface area contributed by atoms with E-state index in [1.807, 2.05) is 25.1 Å². The average Bonchev–Trinajstić information content (AvgIpc) is 2.68. The number of fused-ring (bicyclic) bond motifs is 1. The van der Waals surface area contributed by atoms with E-state index in [2.05, 4.69) is 27.0 Å². The van der Waals surface area contributed by atoms with Crippen LogP contribution in [0, 0.1) is 6.92 Å². The SMILES string of the molecule is CCN1CCN(CCCNC(=O)c2nccc3c(N)ccc(C)c23)CC1. The van der Waals surface area contributed by atoms with Gasteiger partial charge in [-0.1, -0.05) is 13.0 Å². The molecule has 1 aliphatic heterocycles. The molecular weight excluding hydrogens is 326 g/mol. The smallest absolute Gasteiger partial charge is 0.270 e. The monoisotopic (exact) mass is 355 g/mol. The van der Waals surface area contributed by atoms with E-state index in [-0.39, 0.29) is 5.91 Å². The number of nitrogens with two attached hydrogens (primary N) is 1. The maximum Gasteiger partial charge on any atom is 0.270 e. The number of benzene rings is 1. The molecule has 1 saturated heterocycles. The summed E-state index contributed by atoms with van der Waals surface area (Å²) in [4.78, 5) is 21.9. The molecule has 6 heteroatoms. The molecule has 0 saturated carbocycles. The van der Waals surface area contributed by atoms with Crippen LogP contribution in [0.25, 0.3) is 10.8 Å². The first kappa shape index (κ1) is 18.6. The van der Waals surface area contributed by atoms with Gasteiger partial charge < -0.3 is 20.9 Å². The van der Waals surface area contributed by atoms with Crippen LogP contribution in [0.3, 0.4) is 0 Å². The molecule has 0 radical (unpaired) electrons. The summed E-state index contributed by atoms with van der Waals surface area (Å²) in [6.45, 7) is 11.5. The topological polar surface area (TPSA) is 74.5 Å². The second-order valence-electron chi connectivity index (χ2n) is 6.94. The second kappa shape index (κ2) is 8.47. The van der Waals surface area contributed by atoms with Gasteiger partial charge >= 0.3 is 0 Å². The third kappa shape index (κ3) is 4.14. The number of aryl methyl sites for hydroxylation is 1. The summed E-state index contributed by atoms with van der Waals surface area (Å²) in [5.41, 5.74) is 8.20. The highest BCUT2D eigenvalue weighted by Gasteiger charge is 2.16. The Hall–Kier alpha value is -2.18. The molecule has 1 aromatic carbocycles. The van der Waals surface area contributed by atoms with Crippen LogP contribution in [0.5, 0.6) is 0 Å². The van der Waals surface area contributed by atoms with Crippen molar-refractivity contribution in [2.45, 2.75) is 20.3 Å². The molecule has 1 fully saturated rings. The van der Waals surface area contributed by atoms with Gasteiger partial charge in [0.15, 0.2) is 0 Å². The van der Waals surface area contributed by atoms with Gasteiger partial charge in [-0.2, -0.15) is 0 Å². The zero-order valence-electron chi connectivity index (χ0n) is 15.8. The van der Waals surface area contributed by atoms with E-state index in [4.69, 9.17) is 5.73 Å². The average molecular weight is 355 g/mol. The van der Waals surface area contributed by atoms with Crippen molar-refractivity contribution in [3.63, 3.8) is 0 Å². The first-order valence-corrected chi connectivity index (χ1v) is 9.47. The molecule has 140 valence electrons. The Balaban J connectivity index is 1.55. The molecule has 1 aromatic heterocycles. The maximum atomic E-state index is 12.6. The molecule has 2 heterocycles. The number of nitrogens with one attached hydrogen (secondary N) is 1. The number of likely N-dealkylation sites (N-methyl/N-ethyl adjacent to an activating group) is 1. The Kier molecular flexibility index (Phi) is 6.06. The normalized spacial score (nSPS) is 16.1. The summed E-state index contributed by atoms with van der Waals surface area (Å²) >= 11 is 0. The van der Waals surface area contributed by atoms with Crippen LogP contribution in [0.1, 0.15) is 29.4 Å². The summed E-state index contributed by atoms with van der Waals surface area (Å²) in [6.07, 6.45) is 2.60. The number of piperazine rings is 1. The van der Waals surface area contributed by atoms with Crippen molar-refractivity contribution < 1.29 is 4.79 Å². The summed E-state index contributed by atoms with van der Waals surface area (Å²) < 4.78 is 0. The van der Waals surface area contributed by atoms with Crippen molar-refractivity contribution in [2.24, 2.45) is 0 Å². The summed E-state index contributed by atoms with van der Waals surface area (Å²) in [6, 6.07) is 5.67. The van der Waals surface area contributed by atoms with Crippen LogP contribution in [-0.2, 0) is 0 Å². The lowest BCUT2D eigenvalue weighted by Crippen LogP contribution is -2.46. The minimum Gasteiger partial charge on any atom is -0.398 e. The van der Waals surface area contributed by atoms with Crippen molar-refractivity contribution in [3.05, 3.63) is 35.7 Å². The van der Waals surface area contributed by atoms with Gasteiger partial charge in [0, 0.05) is 55.4 Å². The third-order valence-electron chi connectivity index (χ3n) is 5.23. The molecule has 6 nitrogen and oxygen atoms in total. The van der Waals surface area contributed by atoms with E-state index < -0.39 is 0 Å². The molecule has 2 aromatic rings. The zero-order valence-corrected chi connectivity index (χ0v) is 15.8. The first-order chi connectivity index (χ1) is 12.6. The minimum absolute atomic E-state index is 0.125. The van der Waals surface area contributed by atoms with Crippen molar-refractivity contribution in [1.82, 2.24) is 20.1 Å². The van der Waals surface area contributed by atoms with E-state index in [1.165, 1.54) is 0 Å². The van der Waals surface area contributed by atoms with Gasteiger partial charge in [-0.15, -0.1) is 0 Å². The number of nitrogen functional groups attached to an aromatic ring is 1. The Bertz CT molecular complexity index is 768. The number of hydrogen-bond acceptors (Lipinski definition) is 5. The second-order valence-corrected chi connectivity index (χ2v) is 6.94. The van der Waals surface area contributed by atoms with Crippen LogP contribution < -0.4 is 11.1 Å². The molecule has 0 bridgehead atoms. The molecule has 0 spiro atoms. The third-order valence-corrected chi connectivity index (χ3v) is 5.23. The van der Waals surface area contributed by atoms with Gasteiger partial charge in [-0.05, 0) is 44.1 Å². The highest BCUT2D eigenvalue weighted by Crippen LogP contribution is 2.26. The fourth-order valence-corrected chi connectivity index (χ4v) is 3.58. The van der Waals surface area contributed by atoms with Crippen LogP contribution in [0.15, 0.2) is 24.4 Å². The molecule has 0 aliphatic carbocycles. The number of pyridine rings is 1. The predicted molar refractivity (Wildman–Crippen MR) is 106 cm³/mol. The maximum absolute atomic E-state index is 12.6. The molecule has 0 unspecified atom stereocenters. The number of aromatic nitrogens is 1. The molecule has 26 heavy (non-hydrogen) atoms. The summed E-state index contributed by atoms with van der Waals surface area (Å²) in [7, 11) is 0. The fourth-order valence-electron chi connectivity index (χ4n) is 3.58. The Labute approximate surface area is 155 Å². The number of hydrogen-bond donors (Lipinski definition) is 2. The van der Waals surface area contributed by atoms with Gasteiger partial charge in [0.05, 0.1) is 0 Å². The highest BCUT2D eigenvalue weighted by atomic mass is 16.1. The standard InChI is InChI=1S/C20H29N5O/c1-3-24-11-13-25(14-12-24)10-4-8-23-20(26)19-18-15(2)5-6-17(21)16(18)7-9-22-19/h5-7,9H,3-4,8,10-14,21H2,1-2H3,(H,23,26). The van der Waals surface area contributed by atoms with Crippen LogP contribution >= 0.6 is 0 Å². The lowest BCUT2D eigenvalue weighted by molar-refractivity contribution is 0.0945. The predicted octanol–water partition coefficient (Wildman–Crippen LogP) is 1.88. The highest BCUT2D eigenvalue weighted by molar-refractivity contribution is 6.09. The minimum atomic E-state index is -0.125. The van der Waals surface area contributed by atoms with E-state index in [0.29, 0.717) is 17.9 Å². The molecule has 1 aliphatic rings. The van der Waals surface area contributed by atoms with Crippen molar-refractivity contribution >= 4 is 22.4 Å². The van der Waals surface area contributed by atoms with Gasteiger partial charge in [0.2, 0.25) is 0 Å². The largest absolute Gasteiger partial charge is 0.398 e. The first-order valence-electron chi connectivity index (χ1n) is 9.47. The van der Waals surface area contributed by atoms with Gasteiger partial charge in [0.1, 0.15) is 5.69 Å². The van der Waals surface area contributed by atoms with E-state index in [0.717, 1.165) is 62.0 Å². The van der Waals surface area contributed by atoms with Gasteiger partial charge in [-0.3, -0.25) is 9.78 Å². The Morgan fingerprint density at radius 3 is 2.65 bits per heavy atom. The number of amides is 1. The molecular formula is C20H29N5O. The molecule has 0 atom stereocenters. The Morgan fingerprint density at radius 2 is 1.92 bits per heavy atom. The number of anilines is 1.